The topological polar surface area (TPSA) is 153 Å². The van der Waals surface area contributed by atoms with Gasteiger partial charge in [0, 0.05) is 81.4 Å². The fourth-order valence-electron chi connectivity index (χ4n) is 10.0. The lowest BCUT2D eigenvalue weighted by Gasteiger charge is -2.39. The number of carbonyl (C=O) groups is 5. The summed E-state index contributed by atoms with van der Waals surface area (Å²) in [5, 5.41) is 11.8. The standard InChI is InChI=1S/C45H47ClN6O7/c46-39-24-35(9-3-29(39)25-47)59-36-21-31-4-5-32(22-36)51(31)43(55)28-1-7-33(8-2-28)58-34-15-17-49(18-16-34)26-27-13-19-50(20-14-27)30-6-10-37-38(23-30)45(57)52(44(37)56)40-11-12-41(53)48-42(40)54/h1-3,6-10,23-24,27,31-32,34,36,40H,4-5,11-22,26H2,(H,48,53,54)/t31-,32+,36+,40?. The molecule has 14 heteroatoms. The van der Waals surface area contributed by atoms with E-state index in [-0.39, 0.29) is 43.0 Å². The molecule has 5 amide bonds. The molecule has 3 aromatic rings. The lowest BCUT2D eigenvalue weighted by atomic mass is 9.94. The van der Waals surface area contributed by atoms with E-state index in [0.717, 1.165) is 100 Å². The lowest BCUT2D eigenvalue weighted by Crippen LogP contribution is -2.54. The second kappa shape index (κ2) is 16.3. The summed E-state index contributed by atoms with van der Waals surface area (Å²) in [4.78, 5) is 72.1. The van der Waals surface area contributed by atoms with E-state index in [2.05, 4.69) is 26.1 Å². The third kappa shape index (κ3) is 7.88. The first-order chi connectivity index (χ1) is 28.6. The van der Waals surface area contributed by atoms with Crippen LogP contribution in [0.15, 0.2) is 60.7 Å². The highest BCUT2D eigenvalue weighted by Gasteiger charge is 2.46. The maximum Gasteiger partial charge on any atom is 0.262 e. The van der Waals surface area contributed by atoms with Crippen LogP contribution in [-0.4, -0.2) is 107 Å². The zero-order valence-corrected chi connectivity index (χ0v) is 33.6. The molecular formula is C45H47ClN6O7. The fraction of sp³-hybridized carbons (Fsp3) is 0.467. The Morgan fingerprint density at radius 2 is 1.44 bits per heavy atom. The molecule has 0 aromatic heterocycles. The Morgan fingerprint density at radius 1 is 0.763 bits per heavy atom. The Morgan fingerprint density at radius 3 is 2.12 bits per heavy atom. The van der Waals surface area contributed by atoms with E-state index in [4.69, 9.17) is 26.3 Å². The van der Waals surface area contributed by atoms with E-state index in [1.807, 2.05) is 30.3 Å². The van der Waals surface area contributed by atoms with Gasteiger partial charge in [-0.15, -0.1) is 0 Å². The molecule has 0 radical (unpaired) electrons. The van der Waals surface area contributed by atoms with Crippen molar-refractivity contribution < 1.29 is 33.4 Å². The van der Waals surface area contributed by atoms with Gasteiger partial charge in [0.25, 0.3) is 17.7 Å². The van der Waals surface area contributed by atoms with Gasteiger partial charge in [0.05, 0.1) is 21.7 Å². The third-order valence-corrected chi connectivity index (χ3v) is 13.5. The number of ether oxygens (including phenoxy) is 2. The summed E-state index contributed by atoms with van der Waals surface area (Å²) in [5.41, 5.74) is 2.60. The molecule has 59 heavy (non-hydrogen) atoms. The second-order valence-corrected chi connectivity index (χ2v) is 17.2. The highest BCUT2D eigenvalue weighted by molar-refractivity contribution is 6.31. The highest BCUT2D eigenvalue weighted by Crippen LogP contribution is 2.39. The number of likely N-dealkylation sites (tertiary alicyclic amines) is 1. The highest BCUT2D eigenvalue weighted by atomic mass is 35.5. The molecule has 0 saturated carbocycles. The van der Waals surface area contributed by atoms with Gasteiger partial charge >= 0.3 is 0 Å². The van der Waals surface area contributed by atoms with Crippen molar-refractivity contribution in [2.75, 3.05) is 37.6 Å². The number of nitrogens with zero attached hydrogens (tertiary/aromatic N) is 5. The van der Waals surface area contributed by atoms with Crippen molar-refractivity contribution in [3.8, 4) is 17.6 Å². The van der Waals surface area contributed by atoms with Gasteiger partial charge in [-0.2, -0.15) is 5.26 Å². The van der Waals surface area contributed by atoms with E-state index < -0.39 is 29.7 Å². The van der Waals surface area contributed by atoms with Gasteiger partial charge in [-0.1, -0.05) is 11.6 Å². The molecule has 306 valence electrons. The molecule has 5 fully saturated rings. The van der Waals surface area contributed by atoms with Crippen LogP contribution in [-0.2, 0) is 9.59 Å². The largest absolute Gasteiger partial charge is 0.490 e. The van der Waals surface area contributed by atoms with Crippen LogP contribution in [0.4, 0.5) is 5.69 Å². The van der Waals surface area contributed by atoms with Crippen molar-refractivity contribution >= 4 is 46.8 Å². The van der Waals surface area contributed by atoms with Crippen LogP contribution in [0.2, 0.25) is 5.02 Å². The van der Waals surface area contributed by atoms with Gasteiger partial charge in [0.2, 0.25) is 11.8 Å². The first kappa shape index (κ1) is 39.0. The quantitative estimate of drug-likeness (QED) is 0.271. The number of anilines is 1. The SMILES string of the molecule is N#Cc1ccc(O[C@H]2C[C@H]3CC[C@@H](C2)N3C(=O)c2ccc(OC3CCN(CC4CCN(c5ccc6c(c5)C(=O)N(C5CCC(=O)NC5=O)C6=O)CC4)CC3)cc2)cc1Cl. The summed E-state index contributed by atoms with van der Waals surface area (Å²) in [6.45, 7) is 4.67. The molecule has 1 N–H and O–H groups in total. The van der Waals surface area contributed by atoms with Gasteiger partial charge in [-0.3, -0.25) is 34.2 Å². The predicted octanol–water partition coefficient (Wildman–Crippen LogP) is 5.59. The summed E-state index contributed by atoms with van der Waals surface area (Å²) >= 11 is 6.22. The number of nitrogens with one attached hydrogen (secondary N) is 1. The maximum atomic E-state index is 13.7. The number of benzene rings is 3. The average Bonchev–Trinajstić information content (AvgIpc) is 3.65. The van der Waals surface area contributed by atoms with Crippen LogP contribution < -0.4 is 19.7 Å². The summed E-state index contributed by atoms with van der Waals surface area (Å²) in [6.07, 6.45) is 7.71. The number of amides is 5. The Balaban J connectivity index is 0.711. The molecule has 3 aromatic carbocycles. The van der Waals surface area contributed by atoms with E-state index in [0.29, 0.717) is 38.9 Å². The molecule has 6 aliphatic rings. The van der Waals surface area contributed by atoms with Crippen molar-refractivity contribution in [1.82, 2.24) is 20.0 Å². The van der Waals surface area contributed by atoms with Crippen molar-refractivity contribution in [3.63, 3.8) is 0 Å². The Labute approximate surface area is 348 Å². The zero-order valence-electron chi connectivity index (χ0n) is 32.8. The molecule has 0 aliphatic carbocycles. The number of halogens is 1. The number of imide groups is 2. The Bertz CT molecular complexity index is 2200. The number of fused-ring (bicyclic) bond motifs is 3. The number of carbonyl (C=O) groups excluding carboxylic acids is 5. The minimum absolute atomic E-state index is 0.00930. The molecule has 13 nitrogen and oxygen atoms in total. The molecule has 0 spiro atoms. The minimum atomic E-state index is -0.970. The molecule has 4 atom stereocenters. The average molecular weight is 819 g/mol. The molecule has 2 bridgehead atoms. The minimum Gasteiger partial charge on any atom is -0.490 e. The van der Waals surface area contributed by atoms with Crippen molar-refractivity contribution in [2.45, 2.75) is 94.5 Å². The lowest BCUT2D eigenvalue weighted by molar-refractivity contribution is -0.136. The Hall–Kier alpha value is -5.45. The van der Waals surface area contributed by atoms with Gasteiger partial charge in [-0.25, -0.2) is 0 Å². The molecule has 1 unspecified atom stereocenters. The molecule has 6 aliphatic heterocycles. The molecule has 5 saturated heterocycles. The third-order valence-electron chi connectivity index (χ3n) is 13.1. The molecule has 9 rings (SSSR count). The monoisotopic (exact) mass is 818 g/mol. The van der Waals surface area contributed by atoms with Gasteiger partial charge < -0.3 is 24.2 Å². The number of nitriles is 1. The van der Waals surface area contributed by atoms with Crippen molar-refractivity contribution in [3.05, 3.63) is 87.9 Å². The van der Waals surface area contributed by atoms with E-state index >= 15 is 0 Å². The van der Waals surface area contributed by atoms with Crippen LogP contribution in [0, 0.1) is 17.2 Å². The molecular weight excluding hydrogens is 772 g/mol. The van der Waals surface area contributed by atoms with E-state index in [9.17, 15) is 24.0 Å². The Kier molecular flexibility index (Phi) is 10.8. The fourth-order valence-corrected chi connectivity index (χ4v) is 10.2. The molecule has 6 heterocycles. The van der Waals surface area contributed by atoms with E-state index in [1.165, 1.54) is 0 Å². The summed E-state index contributed by atoms with van der Waals surface area (Å²) in [5.74, 6) is 0.0835. The maximum absolute atomic E-state index is 13.7. The summed E-state index contributed by atoms with van der Waals surface area (Å²) in [7, 11) is 0. The van der Waals surface area contributed by atoms with E-state index in [1.54, 1.807) is 30.3 Å². The van der Waals surface area contributed by atoms with Crippen LogP contribution in [0.1, 0.15) is 101 Å². The van der Waals surface area contributed by atoms with Gasteiger partial charge in [0.1, 0.15) is 35.8 Å². The van der Waals surface area contributed by atoms with Gasteiger partial charge in [-0.05, 0) is 105 Å². The number of hydrogen-bond acceptors (Lipinski definition) is 10. The number of hydrogen-bond donors (Lipinski definition) is 1. The zero-order chi connectivity index (χ0) is 40.8. The summed E-state index contributed by atoms with van der Waals surface area (Å²) in [6, 6.07) is 19.5. The first-order valence-electron chi connectivity index (χ1n) is 20.9. The normalized spacial score (nSPS) is 25.2. The second-order valence-electron chi connectivity index (χ2n) is 16.8. The van der Waals surface area contributed by atoms with Gasteiger partial charge in [0.15, 0.2) is 0 Å². The first-order valence-corrected chi connectivity index (χ1v) is 21.3. The predicted molar refractivity (Wildman–Crippen MR) is 217 cm³/mol. The number of rotatable bonds is 9. The van der Waals surface area contributed by atoms with Crippen molar-refractivity contribution in [2.24, 2.45) is 5.92 Å². The number of piperidine rings is 4. The van der Waals surface area contributed by atoms with Crippen LogP contribution in [0.5, 0.6) is 11.5 Å². The van der Waals surface area contributed by atoms with Crippen LogP contribution >= 0.6 is 11.6 Å². The van der Waals surface area contributed by atoms with Crippen LogP contribution in [0.3, 0.4) is 0 Å². The van der Waals surface area contributed by atoms with Crippen molar-refractivity contribution in [1.29, 1.82) is 5.26 Å². The smallest absolute Gasteiger partial charge is 0.262 e. The van der Waals surface area contributed by atoms with Crippen LogP contribution in [0.25, 0.3) is 0 Å². The summed E-state index contributed by atoms with van der Waals surface area (Å²) < 4.78 is 12.7.